The Balaban J connectivity index is 2.19. The Bertz CT molecular complexity index is 147. The van der Waals surface area contributed by atoms with Gasteiger partial charge >= 0.3 is 0 Å². The molecular formula is C12H25NO. The van der Waals surface area contributed by atoms with Crippen LogP contribution in [-0.2, 0) is 0 Å². The lowest BCUT2D eigenvalue weighted by molar-refractivity contribution is 0.225. The van der Waals surface area contributed by atoms with Gasteiger partial charge < -0.3 is 10.4 Å². The van der Waals surface area contributed by atoms with Crippen LogP contribution in [0.25, 0.3) is 0 Å². The normalized spacial score (nSPS) is 28.3. The lowest BCUT2D eigenvalue weighted by atomic mass is 9.79. The van der Waals surface area contributed by atoms with Crippen molar-refractivity contribution < 1.29 is 5.11 Å². The minimum absolute atomic E-state index is 0.313. The molecule has 0 spiro atoms. The van der Waals surface area contributed by atoms with Gasteiger partial charge in [-0.25, -0.2) is 0 Å². The summed E-state index contributed by atoms with van der Waals surface area (Å²) in [5.41, 5.74) is 0. The van der Waals surface area contributed by atoms with E-state index >= 15 is 0 Å². The predicted octanol–water partition coefficient (Wildman–Crippen LogP) is 2.17. The average Bonchev–Trinajstić information content (AvgIpc) is 2.19. The average molecular weight is 199 g/mol. The topological polar surface area (TPSA) is 32.3 Å². The fourth-order valence-corrected chi connectivity index (χ4v) is 2.40. The second kappa shape index (κ2) is 6.41. The maximum Gasteiger partial charge on any atom is 0.0443 e. The Kier molecular flexibility index (Phi) is 5.49. The minimum atomic E-state index is 0.313. The fraction of sp³-hybridized carbons (Fsp3) is 1.00. The first-order valence-electron chi connectivity index (χ1n) is 6.08. The summed E-state index contributed by atoms with van der Waals surface area (Å²) in [4.78, 5) is 0. The molecule has 1 fully saturated rings. The molecule has 0 amide bonds. The molecule has 2 heteroatoms. The van der Waals surface area contributed by atoms with Crippen LogP contribution < -0.4 is 5.32 Å². The number of aliphatic hydroxyl groups excluding tert-OH is 1. The van der Waals surface area contributed by atoms with E-state index in [0.29, 0.717) is 12.6 Å². The highest BCUT2D eigenvalue weighted by Crippen LogP contribution is 2.29. The molecule has 0 aromatic rings. The number of rotatable bonds is 5. The standard InChI is InChI=1S/C12H25NO/c1-10(2)11-5-3-6-12(9-11)13-7-4-8-14/h10-14H,3-9H2,1-2H3. The summed E-state index contributed by atoms with van der Waals surface area (Å²) in [5.74, 6) is 1.74. The molecule has 0 aliphatic heterocycles. The zero-order valence-corrected chi connectivity index (χ0v) is 9.63. The van der Waals surface area contributed by atoms with Gasteiger partial charge in [0.1, 0.15) is 0 Å². The molecule has 0 aromatic heterocycles. The first kappa shape index (κ1) is 12.0. The molecule has 0 bridgehead atoms. The first-order chi connectivity index (χ1) is 6.74. The van der Waals surface area contributed by atoms with E-state index in [0.717, 1.165) is 24.8 Å². The van der Waals surface area contributed by atoms with Gasteiger partial charge in [0.05, 0.1) is 0 Å². The molecule has 1 saturated carbocycles. The summed E-state index contributed by atoms with van der Waals surface area (Å²) >= 11 is 0. The van der Waals surface area contributed by atoms with Crippen LogP contribution in [-0.4, -0.2) is 24.3 Å². The molecule has 1 rings (SSSR count). The summed E-state index contributed by atoms with van der Waals surface area (Å²) in [6.45, 7) is 5.96. The van der Waals surface area contributed by atoms with Gasteiger partial charge in [-0.15, -0.1) is 0 Å². The highest BCUT2D eigenvalue weighted by molar-refractivity contribution is 4.79. The van der Waals surface area contributed by atoms with Gasteiger partial charge in [0.25, 0.3) is 0 Å². The van der Waals surface area contributed by atoms with Crippen molar-refractivity contribution in [1.29, 1.82) is 0 Å². The van der Waals surface area contributed by atoms with Crippen LogP contribution in [0.15, 0.2) is 0 Å². The number of hydrogen-bond acceptors (Lipinski definition) is 2. The van der Waals surface area contributed by atoms with Crippen LogP contribution in [0.1, 0.15) is 46.0 Å². The van der Waals surface area contributed by atoms with Gasteiger partial charge in [0.2, 0.25) is 0 Å². The second-order valence-corrected chi connectivity index (χ2v) is 4.90. The molecule has 0 heterocycles. The van der Waals surface area contributed by atoms with E-state index in [1.54, 1.807) is 0 Å². The monoisotopic (exact) mass is 199 g/mol. The SMILES string of the molecule is CC(C)C1CCCC(NCCCO)C1. The molecule has 0 aromatic carbocycles. The van der Waals surface area contributed by atoms with E-state index < -0.39 is 0 Å². The summed E-state index contributed by atoms with van der Waals surface area (Å²) in [5, 5.41) is 12.2. The lowest BCUT2D eigenvalue weighted by Gasteiger charge is -2.32. The third-order valence-corrected chi connectivity index (χ3v) is 3.43. The molecule has 2 N–H and O–H groups in total. The minimum Gasteiger partial charge on any atom is -0.396 e. The summed E-state index contributed by atoms with van der Waals surface area (Å²) in [6, 6.07) is 0.711. The molecule has 0 saturated heterocycles. The van der Waals surface area contributed by atoms with Crippen molar-refractivity contribution in [3.05, 3.63) is 0 Å². The Morgan fingerprint density at radius 3 is 2.79 bits per heavy atom. The Morgan fingerprint density at radius 2 is 2.14 bits per heavy atom. The van der Waals surface area contributed by atoms with E-state index in [9.17, 15) is 0 Å². The third kappa shape index (κ3) is 3.97. The number of hydrogen-bond donors (Lipinski definition) is 2. The summed E-state index contributed by atoms with van der Waals surface area (Å²) in [7, 11) is 0. The van der Waals surface area contributed by atoms with E-state index in [1.165, 1.54) is 25.7 Å². The quantitative estimate of drug-likeness (QED) is 0.665. The van der Waals surface area contributed by atoms with Crippen molar-refractivity contribution in [2.75, 3.05) is 13.2 Å². The Labute approximate surface area is 88.1 Å². The zero-order valence-electron chi connectivity index (χ0n) is 9.63. The van der Waals surface area contributed by atoms with Crippen LogP contribution in [0.2, 0.25) is 0 Å². The van der Waals surface area contributed by atoms with E-state index in [4.69, 9.17) is 5.11 Å². The third-order valence-electron chi connectivity index (χ3n) is 3.43. The summed E-state index contributed by atoms with van der Waals surface area (Å²) < 4.78 is 0. The van der Waals surface area contributed by atoms with Crippen LogP contribution >= 0.6 is 0 Å². The lowest BCUT2D eigenvalue weighted by Crippen LogP contribution is -2.36. The van der Waals surface area contributed by atoms with E-state index in [-0.39, 0.29) is 0 Å². The van der Waals surface area contributed by atoms with Crippen LogP contribution in [0.3, 0.4) is 0 Å². The molecule has 1 aliphatic carbocycles. The Morgan fingerprint density at radius 1 is 1.36 bits per heavy atom. The molecule has 1 aliphatic rings. The Hall–Kier alpha value is -0.0800. The second-order valence-electron chi connectivity index (χ2n) is 4.90. The van der Waals surface area contributed by atoms with Gasteiger partial charge in [-0.05, 0) is 37.6 Å². The van der Waals surface area contributed by atoms with Crippen molar-refractivity contribution in [2.45, 2.75) is 52.0 Å². The van der Waals surface area contributed by atoms with E-state index in [2.05, 4.69) is 19.2 Å². The van der Waals surface area contributed by atoms with Gasteiger partial charge in [0, 0.05) is 12.6 Å². The van der Waals surface area contributed by atoms with E-state index in [1.807, 2.05) is 0 Å². The molecule has 14 heavy (non-hydrogen) atoms. The van der Waals surface area contributed by atoms with Crippen molar-refractivity contribution in [1.82, 2.24) is 5.32 Å². The van der Waals surface area contributed by atoms with Gasteiger partial charge in [-0.2, -0.15) is 0 Å². The van der Waals surface area contributed by atoms with Gasteiger partial charge in [0.15, 0.2) is 0 Å². The van der Waals surface area contributed by atoms with Crippen molar-refractivity contribution in [3.8, 4) is 0 Å². The molecule has 2 atom stereocenters. The maximum atomic E-state index is 8.70. The molecular weight excluding hydrogens is 174 g/mol. The molecule has 2 nitrogen and oxygen atoms in total. The van der Waals surface area contributed by atoms with Crippen LogP contribution in [0.5, 0.6) is 0 Å². The van der Waals surface area contributed by atoms with Gasteiger partial charge in [-0.3, -0.25) is 0 Å². The molecule has 84 valence electrons. The van der Waals surface area contributed by atoms with Crippen LogP contribution in [0.4, 0.5) is 0 Å². The zero-order chi connectivity index (χ0) is 10.4. The predicted molar refractivity (Wildman–Crippen MR) is 60.3 cm³/mol. The molecule has 0 radical (unpaired) electrons. The largest absolute Gasteiger partial charge is 0.396 e. The number of aliphatic hydroxyl groups is 1. The van der Waals surface area contributed by atoms with Crippen LogP contribution in [0, 0.1) is 11.8 Å². The molecule has 2 unspecified atom stereocenters. The van der Waals surface area contributed by atoms with Gasteiger partial charge in [-0.1, -0.05) is 26.7 Å². The fourth-order valence-electron chi connectivity index (χ4n) is 2.40. The van der Waals surface area contributed by atoms with Crippen molar-refractivity contribution in [3.63, 3.8) is 0 Å². The summed E-state index contributed by atoms with van der Waals surface area (Å²) in [6.07, 6.45) is 6.34. The maximum absolute atomic E-state index is 8.70. The van der Waals surface area contributed by atoms with Crippen molar-refractivity contribution >= 4 is 0 Å². The smallest absolute Gasteiger partial charge is 0.0443 e. The highest BCUT2D eigenvalue weighted by Gasteiger charge is 2.23. The number of nitrogens with one attached hydrogen (secondary N) is 1. The first-order valence-corrected chi connectivity index (χ1v) is 6.08. The highest BCUT2D eigenvalue weighted by atomic mass is 16.3. The van der Waals surface area contributed by atoms with Crippen molar-refractivity contribution in [2.24, 2.45) is 11.8 Å².